The highest BCUT2D eigenvalue weighted by molar-refractivity contribution is 7.80. The molecule has 112 valence electrons. The van der Waals surface area contributed by atoms with E-state index in [9.17, 15) is 0 Å². The summed E-state index contributed by atoms with van der Waals surface area (Å²) in [4.78, 5) is 2.67. The van der Waals surface area contributed by atoms with Crippen molar-refractivity contribution in [2.75, 3.05) is 44.4 Å². The van der Waals surface area contributed by atoms with Gasteiger partial charge in [0.15, 0.2) is 0 Å². The topological polar surface area (TPSA) is 47.7 Å². The van der Waals surface area contributed by atoms with Gasteiger partial charge in [0.1, 0.15) is 4.99 Å². The van der Waals surface area contributed by atoms with Gasteiger partial charge in [-0.15, -0.1) is 0 Å². The first-order chi connectivity index (χ1) is 9.69. The summed E-state index contributed by atoms with van der Waals surface area (Å²) >= 11 is 4.97. The van der Waals surface area contributed by atoms with Crippen molar-refractivity contribution < 1.29 is 9.47 Å². The molecular weight excluding hydrogens is 272 g/mol. The second-order valence-corrected chi connectivity index (χ2v) is 4.73. The molecule has 0 bridgehead atoms. The Morgan fingerprint density at radius 1 is 1.05 bits per heavy atom. The monoisotopic (exact) mass is 296 g/mol. The highest BCUT2D eigenvalue weighted by Crippen LogP contribution is 2.15. The van der Waals surface area contributed by atoms with E-state index in [1.165, 1.54) is 0 Å². The lowest BCUT2D eigenvalue weighted by Gasteiger charge is -2.24. The lowest BCUT2D eigenvalue weighted by Crippen LogP contribution is -2.31. The van der Waals surface area contributed by atoms with Gasteiger partial charge in [-0.3, -0.25) is 0 Å². The Morgan fingerprint density at radius 2 is 1.55 bits per heavy atom. The molecule has 20 heavy (non-hydrogen) atoms. The first-order valence-corrected chi connectivity index (χ1v) is 7.40. The van der Waals surface area contributed by atoms with E-state index in [2.05, 4.69) is 4.90 Å². The molecule has 0 aliphatic heterocycles. The van der Waals surface area contributed by atoms with Gasteiger partial charge in [0.2, 0.25) is 0 Å². The molecule has 0 radical (unpaired) electrons. The third-order valence-electron chi connectivity index (χ3n) is 2.94. The van der Waals surface area contributed by atoms with Crippen LogP contribution in [-0.4, -0.2) is 44.5 Å². The maximum Gasteiger partial charge on any atom is 0.103 e. The number of rotatable bonds is 10. The molecule has 5 heteroatoms. The predicted octanol–water partition coefficient (Wildman–Crippen LogP) is 2.20. The SMILES string of the molecule is CCOCCN(CCOCC)c1ccc(C(N)=S)cc1. The molecule has 0 heterocycles. The number of thiocarbonyl (C=S) groups is 1. The minimum absolute atomic E-state index is 0.423. The summed E-state index contributed by atoms with van der Waals surface area (Å²) in [6.45, 7) is 8.57. The minimum Gasteiger partial charge on any atom is -0.389 e. The normalized spacial score (nSPS) is 10.5. The quantitative estimate of drug-likeness (QED) is 0.530. The van der Waals surface area contributed by atoms with Gasteiger partial charge in [-0.1, -0.05) is 12.2 Å². The standard InChI is InChI=1S/C15H24N2O2S/c1-3-18-11-9-17(10-12-19-4-2)14-7-5-13(6-8-14)15(16)20/h5-8H,3-4,9-12H2,1-2H3,(H2,16,20). The molecule has 0 saturated heterocycles. The molecular formula is C15H24N2O2S. The van der Waals surface area contributed by atoms with E-state index in [1.807, 2.05) is 38.1 Å². The number of anilines is 1. The van der Waals surface area contributed by atoms with E-state index < -0.39 is 0 Å². The molecule has 0 aliphatic carbocycles. The summed E-state index contributed by atoms with van der Waals surface area (Å²) in [6, 6.07) is 7.97. The molecule has 1 aromatic rings. The van der Waals surface area contributed by atoms with E-state index in [-0.39, 0.29) is 0 Å². The molecule has 0 atom stereocenters. The summed E-state index contributed by atoms with van der Waals surface area (Å²) in [5.41, 5.74) is 7.63. The van der Waals surface area contributed by atoms with Gasteiger partial charge in [0.05, 0.1) is 13.2 Å². The third kappa shape index (κ3) is 5.86. The molecule has 0 aliphatic rings. The summed E-state index contributed by atoms with van der Waals surface area (Å²) in [5.74, 6) is 0. The number of ether oxygens (including phenoxy) is 2. The molecule has 0 spiro atoms. The summed E-state index contributed by atoms with van der Waals surface area (Å²) in [6.07, 6.45) is 0. The minimum atomic E-state index is 0.423. The number of nitrogens with zero attached hydrogens (tertiary/aromatic N) is 1. The van der Waals surface area contributed by atoms with Crippen LogP contribution in [0.4, 0.5) is 5.69 Å². The first kappa shape index (κ1) is 16.9. The van der Waals surface area contributed by atoms with Crippen molar-refractivity contribution in [3.63, 3.8) is 0 Å². The Balaban J connectivity index is 2.66. The Kier molecular flexibility index (Phi) is 8.18. The molecule has 2 N–H and O–H groups in total. The van der Waals surface area contributed by atoms with Crippen molar-refractivity contribution in [1.29, 1.82) is 0 Å². The molecule has 1 aromatic carbocycles. The van der Waals surface area contributed by atoms with Crippen LogP contribution in [0.5, 0.6) is 0 Å². The van der Waals surface area contributed by atoms with Gasteiger partial charge in [-0.25, -0.2) is 0 Å². The van der Waals surface area contributed by atoms with E-state index in [0.717, 1.165) is 37.6 Å². The van der Waals surface area contributed by atoms with E-state index in [0.29, 0.717) is 18.2 Å². The summed E-state index contributed by atoms with van der Waals surface area (Å²) < 4.78 is 10.9. The van der Waals surface area contributed by atoms with Crippen LogP contribution in [0.15, 0.2) is 24.3 Å². The van der Waals surface area contributed by atoms with Crippen LogP contribution < -0.4 is 10.6 Å². The third-order valence-corrected chi connectivity index (χ3v) is 3.17. The summed E-state index contributed by atoms with van der Waals surface area (Å²) in [7, 11) is 0. The van der Waals surface area contributed by atoms with Crippen LogP contribution in [0.1, 0.15) is 19.4 Å². The van der Waals surface area contributed by atoms with Crippen LogP contribution in [0.2, 0.25) is 0 Å². The van der Waals surface area contributed by atoms with E-state index in [4.69, 9.17) is 27.4 Å². The van der Waals surface area contributed by atoms with Gasteiger partial charge in [-0.05, 0) is 38.1 Å². The van der Waals surface area contributed by atoms with Crippen molar-refractivity contribution in [3.8, 4) is 0 Å². The van der Waals surface area contributed by atoms with E-state index >= 15 is 0 Å². The van der Waals surface area contributed by atoms with Crippen molar-refractivity contribution in [1.82, 2.24) is 0 Å². The smallest absolute Gasteiger partial charge is 0.103 e. The Hall–Kier alpha value is -1.17. The number of hydrogen-bond donors (Lipinski definition) is 1. The number of benzene rings is 1. The lowest BCUT2D eigenvalue weighted by atomic mass is 10.2. The highest BCUT2D eigenvalue weighted by atomic mass is 32.1. The Labute approximate surface area is 126 Å². The molecule has 0 unspecified atom stereocenters. The fourth-order valence-corrected chi connectivity index (χ4v) is 1.98. The van der Waals surface area contributed by atoms with Gasteiger partial charge >= 0.3 is 0 Å². The van der Waals surface area contributed by atoms with Crippen molar-refractivity contribution >= 4 is 22.9 Å². The Bertz CT molecular complexity index is 385. The average molecular weight is 296 g/mol. The highest BCUT2D eigenvalue weighted by Gasteiger charge is 2.07. The zero-order valence-electron chi connectivity index (χ0n) is 12.3. The largest absolute Gasteiger partial charge is 0.389 e. The molecule has 0 amide bonds. The molecule has 1 rings (SSSR count). The predicted molar refractivity (Wildman–Crippen MR) is 87.5 cm³/mol. The van der Waals surface area contributed by atoms with Crippen molar-refractivity contribution in [2.24, 2.45) is 5.73 Å². The second-order valence-electron chi connectivity index (χ2n) is 4.29. The molecule has 0 fully saturated rings. The molecule has 0 saturated carbocycles. The second kappa shape index (κ2) is 9.69. The van der Waals surface area contributed by atoms with Crippen molar-refractivity contribution in [3.05, 3.63) is 29.8 Å². The lowest BCUT2D eigenvalue weighted by molar-refractivity contribution is 0.141. The fourth-order valence-electron chi connectivity index (χ4n) is 1.84. The fraction of sp³-hybridized carbons (Fsp3) is 0.533. The maximum atomic E-state index is 5.61. The summed E-state index contributed by atoms with van der Waals surface area (Å²) in [5, 5.41) is 0. The number of hydrogen-bond acceptors (Lipinski definition) is 4. The molecule has 4 nitrogen and oxygen atoms in total. The van der Waals surface area contributed by atoms with Crippen LogP contribution >= 0.6 is 12.2 Å². The van der Waals surface area contributed by atoms with Gasteiger partial charge < -0.3 is 20.1 Å². The zero-order valence-corrected chi connectivity index (χ0v) is 13.1. The zero-order chi connectivity index (χ0) is 14.8. The van der Waals surface area contributed by atoms with Crippen LogP contribution in [0, 0.1) is 0 Å². The van der Waals surface area contributed by atoms with Crippen LogP contribution in [-0.2, 0) is 9.47 Å². The van der Waals surface area contributed by atoms with Gasteiger partial charge in [0.25, 0.3) is 0 Å². The number of nitrogens with two attached hydrogens (primary N) is 1. The van der Waals surface area contributed by atoms with E-state index in [1.54, 1.807) is 0 Å². The van der Waals surface area contributed by atoms with Crippen LogP contribution in [0.25, 0.3) is 0 Å². The Morgan fingerprint density at radius 3 is 1.95 bits per heavy atom. The van der Waals surface area contributed by atoms with Gasteiger partial charge in [-0.2, -0.15) is 0 Å². The maximum absolute atomic E-state index is 5.61. The molecule has 0 aromatic heterocycles. The average Bonchev–Trinajstić information content (AvgIpc) is 2.46. The van der Waals surface area contributed by atoms with Crippen molar-refractivity contribution in [2.45, 2.75) is 13.8 Å². The van der Waals surface area contributed by atoms with Crippen LogP contribution in [0.3, 0.4) is 0 Å². The van der Waals surface area contributed by atoms with Gasteiger partial charge in [0, 0.05) is 37.6 Å². The first-order valence-electron chi connectivity index (χ1n) is 6.99.